The first-order chi connectivity index (χ1) is 14.2. The molecule has 0 amide bonds. The monoisotopic (exact) mass is 412 g/mol. The molecule has 1 aliphatic heterocycles. The minimum Gasteiger partial charge on any atom is -0.300 e. The van der Waals surface area contributed by atoms with Crippen LogP contribution in [0, 0.1) is 11.5 Å². The molecule has 3 heterocycles. The molecule has 3 aromatic rings. The number of carbonyl (C=O) groups excluding carboxylic acids is 1. The molecule has 6 heteroatoms. The minimum atomic E-state index is -1.50. The molecule has 1 aliphatic rings. The van der Waals surface area contributed by atoms with E-state index < -0.39 is 8.07 Å². The van der Waals surface area contributed by atoms with Crippen molar-refractivity contribution in [2.75, 3.05) is 0 Å². The number of aliphatic imine (C=N–C) groups is 1. The van der Waals surface area contributed by atoms with Gasteiger partial charge in [0.05, 0.1) is 28.8 Å². The predicted octanol–water partition coefficient (Wildman–Crippen LogP) is 4.61. The minimum absolute atomic E-state index is 0.0636. The van der Waals surface area contributed by atoms with Crippen LogP contribution in [0.4, 0.5) is 0 Å². The summed E-state index contributed by atoms with van der Waals surface area (Å²) in [4.78, 5) is 26.1. The van der Waals surface area contributed by atoms with E-state index in [1.165, 1.54) is 0 Å². The van der Waals surface area contributed by atoms with Gasteiger partial charge >= 0.3 is 0 Å². The lowest BCUT2D eigenvalue weighted by Crippen LogP contribution is -2.16. The summed E-state index contributed by atoms with van der Waals surface area (Å²) >= 11 is 0. The summed E-state index contributed by atoms with van der Waals surface area (Å²) in [6.07, 6.45) is 3.48. The molecule has 0 fully saturated rings. The molecule has 0 radical (unpaired) electrons. The van der Waals surface area contributed by atoms with Crippen molar-refractivity contribution in [1.82, 2.24) is 14.5 Å². The zero-order valence-corrected chi connectivity index (χ0v) is 18.9. The number of imidazole rings is 1. The Morgan fingerprint density at radius 3 is 2.60 bits per heavy atom. The Balaban J connectivity index is 1.99. The van der Waals surface area contributed by atoms with Crippen LogP contribution in [0.2, 0.25) is 19.6 Å². The van der Waals surface area contributed by atoms with Gasteiger partial charge in [0, 0.05) is 24.2 Å². The maximum absolute atomic E-state index is 12.2. The highest BCUT2D eigenvalue weighted by molar-refractivity contribution is 6.83. The van der Waals surface area contributed by atoms with Gasteiger partial charge in [0.1, 0.15) is 20.1 Å². The number of ketones is 1. The average Bonchev–Trinajstić information content (AvgIpc) is 3.11. The molecule has 0 aliphatic carbocycles. The fourth-order valence-electron chi connectivity index (χ4n) is 3.52. The van der Waals surface area contributed by atoms with Crippen molar-refractivity contribution in [3.8, 4) is 17.2 Å². The molecule has 1 atom stereocenters. The van der Waals surface area contributed by atoms with Crippen LogP contribution in [0.3, 0.4) is 0 Å². The van der Waals surface area contributed by atoms with Gasteiger partial charge in [-0.15, -0.1) is 5.54 Å². The first-order valence-electron chi connectivity index (χ1n) is 10.00. The highest BCUT2D eigenvalue weighted by Crippen LogP contribution is 2.32. The lowest BCUT2D eigenvalue weighted by atomic mass is 10.0. The summed E-state index contributed by atoms with van der Waals surface area (Å²) in [5, 5.41) is 0. The number of aromatic nitrogens is 3. The van der Waals surface area contributed by atoms with E-state index in [0.717, 1.165) is 33.9 Å². The van der Waals surface area contributed by atoms with Crippen LogP contribution >= 0.6 is 0 Å². The Kier molecular flexibility index (Phi) is 5.00. The van der Waals surface area contributed by atoms with Crippen LogP contribution in [-0.4, -0.2) is 34.1 Å². The van der Waals surface area contributed by atoms with Crippen LogP contribution in [0.15, 0.2) is 53.9 Å². The third kappa shape index (κ3) is 3.76. The molecule has 4 rings (SSSR count). The van der Waals surface area contributed by atoms with E-state index in [-0.39, 0.29) is 11.8 Å². The molecule has 0 saturated carbocycles. The molecule has 0 N–H and O–H groups in total. The zero-order chi connectivity index (χ0) is 21.5. The summed E-state index contributed by atoms with van der Waals surface area (Å²) in [7, 11) is -1.50. The number of hydrogen-bond donors (Lipinski definition) is 0. The molecular weight excluding hydrogens is 388 g/mol. The number of pyridine rings is 1. The molecule has 0 spiro atoms. The molecule has 2 aromatic heterocycles. The van der Waals surface area contributed by atoms with Gasteiger partial charge in [-0.2, -0.15) is 0 Å². The van der Waals surface area contributed by atoms with Crippen LogP contribution in [0.1, 0.15) is 52.9 Å². The van der Waals surface area contributed by atoms with E-state index in [2.05, 4.69) is 47.1 Å². The molecular formula is C24H24N4OSi. The van der Waals surface area contributed by atoms with E-state index in [1.54, 1.807) is 19.4 Å². The van der Waals surface area contributed by atoms with E-state index >= 15 is 0 Å². The van der Waals surface area contributed by atoms with Gasteiger partial charge in [-0.25, -0.2) is 4.98 Å². The fourth-order valence-corrected chi connectivity index (χ4v) is 4.04. The summed E-state index contributed by atoms with van der Waals surface area (Å²) in [6, 6.07) is 11.7. The lowest BCUT2D eigenvalue weighted by molar-refractivity contribution is 0.101. The lowest BCUT2D eigenvalue weighted by Gasteiger charge is -2.12. The molecule has 5 nitrogen and oxygen atoms in total. The van der Waals surface area contributed by atoms with E-state index in [9.17, 15) is 4.79 Å². The topological polar surface area (TPSA) is 60.1 Å². The summed E-state index contributed by atoms with van der Waals surface area (Å²) in [5.41, 5.74) is 9.10. The highest BCUT2D eigenvalue weighted by Gasteiger charge is 2.27. The normalized spacial score (nSPS) is 15.2. The largest absolute Gasteiger partial charge is 0.300 e. The molecule has 0 bridgehead atoms. The third-order valence-corrected chi connectivity index (χ3v) is 5.73. The van der Waals surface area contributed by atoms with Gasteiger partial charge in [0.25, 0.3) is 0 Å². The molecule has 0 saturated heterocycles. The first kappa shape index (κ1) is 20.0. The Labute approximate surface area is 177 Å². The Morgan fingerprint density at radius 2 is 1.93 bits per heavy atom. The predicted molar refractivity (Wildman–Crippen MR) is 122 cm³/mol. The summed E-state index contributed by atoms with van der Waals surface area (Å²) < 4.78 is 1.98. The Morgan fingerprint density at radius 1 is 1.13 bits per heavy atom. The van der Waals surface area contributed by atoms with Gasteiger partial charge < -0.3 is 0 Å². The van der Waals surface area contributed by atoms with Crippen molar-refractivity contribution < 1.29 is 4.79 Å². The number of hydrogen-bond acceptors (Lipinski definition) is 4. The molecule has 30 heavy (non-hydrogen) atoms. The second-order valence-corrected chi connectivity index (χ2v) is 13.3. The van der Waals surface area contributed by atoms with Crippen LogP contribution < -0.4 is 0 Å². The standard InChI is InChI=1S/C24H24N4OSi/c1-16-24-22(17(2)29)26-15-28(24)21-10-9-18(11-13-30(3,4)5)14-19(21)23(27-16)20-8-6-7-12-25-20/h6-10,12,14-16H,1-5H3/t16-/m1/s1. The highest BCUT2D eigenvalue weighted by atomic mass is 28.3. The Hall–Kier alpha value is -3.30. The molecule has 0 unspecified atom stereocenters. The van der Waals surface area contributed by atoms with Crippen molar-refractivity contribution in [3.05, 3.63) is 77.1 Å². The smallest absolute Gasteiger partial charge is 0.180 e. The molecule has 1 aromatic carbocycles. The quantitative estimate of drug-likeness (QED) is 0.351. The number of fused-ring (bicyclic) bond motifs is 3. The van der Waals surface area contributed by atoms with Crippen molar-refractivity contribution in [2.45, 2.75) is 39.5 Å². The SMILES string of the molecule is CC(=O)c1ncn2c1[C@@H](C)N=C(c1ccccn1)c1cc(C#C[Si](C)(C)C)ccc1-2. The van der Waals surface area contributed by atoms with Crippen molar-refractivity contribution in [2.24, 2.45) is 4.99 Å². The Bertz CT molecular complexity index is 1220. The van der Waals surface area contributed by atoms with Crippen LogP contribution in [0.5, 0.6) is 0 Å². The van der Waals surface area contributed by atoms with Crippen molar-refractivity contribution in [3.63, 3.8) is 0 Å². The van der Waals surface area contributed by atoms with Crippen LogP contribution in [-0.2, 0) is 0 Å². The zero-order valence-electron chi connectivity index (χ0n) is 17.9. The van der Waals surface area contributed by atoms with Gasteiger partial charge in [-0.3, -0.25) is 19.3 Å². The second kappa shape index (κ2) is 7.51. The number of Topliss-reactive ketones (excluding diaryl/α,β-unsaturated/α-hetero) is 1. The van der Waals surface area contributed by atoms with E-state index in [4.69, 9.17) is 4.99 Å². The fraction of sp³-hybridized carbons (Fsp3) is 0.250. The van der Waals surface area contributed by atoms with Crippen molar-refractivity contribution >= 4 is 19.6 Å². The third-order valence-electron chi connectivity index (χ3n) is 4.86. The summed E-state index contributed by atoms with van der Waals surface area (Å²) in [6.45, 7) is 10.2. The number of rotatable bonds is 2. The van der Waals surface area contributed by atoms with E-state index in [1.807, 2.05) is 41.8 Å². The van der Waals surface area contributed by atoms with Gasteiger partial charge in [-0.05, 0) is 37.3 Å². The summed E-state index contributed by atoms with van der Waals surface area (Å²) in [5.74, 6) is 3.28. The van der Waals surface area contributed by atoms with E-state index in [0.29, 0.717) is 5.69 Å². The molecule has 150 valence electrons. The maximum Gasteiger partial charge on any atom is 0.180 e. The number of carbonyl (C=O) groups is 1. The van der Waals surface area contributed by atoms with Gasteiger partial charge in [0.15, 0.2) is 5.78 Å². The maximum atomic E-state index is 12.2. The number of benzene rings is 1. The van der Waals surface area contributed by atoms with Crippen molar-refractivity contribution in [1.29, 1.82) is 0 Å². The average molecular weight is 413 g/mol. The number of nitrogens with zero attached hydrogens (tertiary/aromatic N) is 4. The van der Waals surface area contributed by atoms with Gasteiger partial charge in [0.2, 0.25) is 0 Å². The first-order valence-corrected chi connectivity index (χ1v) is 13.5. The second-order valence-electron chi connectivity index (χ2n) is 8.51. The van der Waals surface area contributed by atoms with Crippen LogP contribution in [0.25, 0.3) is 5.69 Å². The van der Waals surface area contributed by atoms with Gasteiger partial charge in [-0.1, -0.05) is 31.6 Å².